The Morgan fingerprint density at radius 3 is 2.71 bits per heavy atom. The summed E-state index contributed by atoms with van der Waals surface area (Å²) in [6.45, 7) is 11.1. The lowest BCUT2D eigenvalue weighted by atomic mass is 10.0. The van der Waals surface area contributed by atoms with Crippen LogP contribution in [0.3, 0.4) is 0 Å². The van der Waals surface area contributed by atoms with Gasteiger partial charge in [0.15, 0.2) is 5.96 Å². The normalized spacial score (nSPS) is 26.3. The molecule has 0 aliphatic carbocycles. The summed E-state index contributed by atoms with van der Waals surface area (Å²) >= 11 is 0. The van der Waals surface area contributed by atoms with Crippen molar-refractivity contribution < 1.29 is 0 Å². The molecule has 1 unspecified atom stereocenters. The van der Waals surface area contributed by atoms with Crippen LogP contribution in [0.25, 0.3) is 0 Å². The lowest BCUT2D eigenvalue weighted by Gasteiger charge is -2.31. The summed E-state index contributed by atoms with van der Waals surface area (Å²) in [5, 5.41) is 0. The number of nitrogens with zero attached hydrogens (tertiary/aromatic N) is 4. The third-order valence-corrected chi connectivity index (χ3v) is 4.48. The molecular formula is C15H32IN5. The van der Waals surface area contributed by atoms with E-state index in [1.165, 1.54) is 38.9 Å². The van der Waals surface area contributed by atoms with Crippen LogP contribution in [0.5, 0.6) is 0 Å². The number of hydrogen-bond acceptors (Lipinski definition) is 3. The summed E-state index contributed by atoms with van der Waals surface area (Å²) in [7, 11) is 2.21. The van der Waals surface area contributed by atoms with Crippen LogP contribution in [0.1, 0.15) is 26.2 Å². The van der Waals surface area contributed by atoms with Crippen LogP contribution in [0, 0.1) is 5.92 Å². The van der Waals surface area contributed by atoms with Crippen LogP contribution in [0.4, 0.5) is 0 Å². The number of piperidine rings is 1. The lowest BCUT2D eigenvalue weighted by molar-refractivity contribution is 0.267. The number of likely N-dealkylation sites (tertiary alicyclic amines) is 1. The maximum Gasteiger partial charge on any atom is 0.191 e. The summed E-state index contributed by atoms with van der Waals surface area (Å²) in [5.41, 5.74) is 6.13. The highest BCUT2D eigenvalue weighted by atomic mass is 127. The van der Waals surface area contributed by atoms with E-state index in [1.54, 1.807) is 0 Å². The molecule has 124 valence electrons. The highest BCUT2D eigenvalue weighted by Gasteiger charge is 2.17. The lowest BCUT2D eigenvalue weighted by Crippen LogP contribution is -2.43. The van der Waals surface area contributed by atoms with Crippen LogP contribution >= 0.6 is 24.0 Å². The van der Waals surface area contributed by atoms with E-state index < -0.39 is 0 Å². The van der Waals surface area contributed by atoms with E-state index in [0.29, 0.717) is 0 Å². The number of likely N-dealkylation sites (N-methyl/N-ethyl adjacent to an activating group) is 1. The molecule has 0 aromatic rings. The van der Waals surface area contributed by atoms with E-state index in [0.717, 1.165) is 44.6 Å². The van der Waals surface area contributed by atoms with Gasteiger partial charge in [0.25, 0.3) is 0 Å². The van der Waals surface area contributed by atoms with Gasteiger partial charge in [0, 0.05) is 32.7 Å². The van der Waals surface area contributed by atoms with E-state index >= 15 is 0 Å². The molecule has 2 rings (SSSR count). The zero-order valence-corrected chi connectivity index (χ0v) is 16.0. The number of halogens is 1. The second-order valence-corrected chi connectivity index (χ2v) is 6.43. The molecule has 2 fully saturated rings. The van der Waals surface area contributed by atoms with E-state index in [-0.39, 0.29) is 24.0 Å². The fraction of sp³-hybridized carbons (Fsp3) is 0.933. The zero-order chi connectivity index (χ0) is 14.4. The molecular weight excluding hydrogens is 377 g/mol. The fourth-order valence-corrected chi connectivity index (χ4v) is 3.13. The first-order chi connectivity index (χ1) is 9.65. The molecule has 0 radical (unpaired) electrons. The molecule has 0 saturated carbocycles. The Bertz CT molecular complexity index is 323. The summed E-state index contributed by atoms with van der Waals surface area (Å²) in [5.74, 6) is 1.50. The number of aliphatic imine (C=N–C) groups is 1. The standard InChI is InChI=1S/C15H31N5.HI/c1-14-5-3-9-20(13-14)15(16)17-6-10-19-8-4-7-18(2)11-12-19;/h14H,3-13H2,1-2H3,(H2,16,17);1H. The molecule has 21 heavy (non-hydrogen) atoms. The Morgan fingerprint density at radius 1 is 1.14 bits per heavy atom. The molecule has 0 aromatic carbocycles. The van der Waals surface area contributed by atoms with Crippen molar-refractivity contribution in [3.05, 3.63) is 0 Å². The fourth-order valence-electron chi connectivity index (χ4n) is 3.13. The van der Waals surface area contributed by atoms with Gasteiger partial charge in [0.1, 0.15) is 0 Å². The van der Waals surface area contributed by atoms with Gasteiger partial charge in [-0.25, -0.2) is 0 Å². The maximum absolute atomic E-state index is 6.13. The number of rotatable bonds is 3. The minimum atomic E-state index is 0. The molecule has 0 bridgehead atoms. The Kier molecular flexibility index (Phi) is 8.89. The van der Waals surface area contributed by atoms with Gasteiger partial charge in [-0.05, 0) is 45.3 Å². The quantitative estimate of drug-likeness (QED) is 0.434. The van der Waals surface area contributed by atoms with Crippen LogP contribution in [-0.4, -0.2) is 80.1 Å². The van der Waals surface area contributed by atoms with Gasteiger partial charge in [-0.1, -0.05) is 6.92 Å². The number of nitrogens with two attached hydrogens (primary N) is 1. The summed E-state index contributed by atoms with van der Waals surface area (Å²) in [6.07, 6.45) is 3.83. The average molecular weight is 409 g/mol. The molecule has 2 aliphatic heterocycles. The molecule has 0 amide bonds. The topological polar surface area (TPSA) is 48.1 Å². The van der Waals surface area contributed by atoms with Crippen molar-refractivity contribution in [3.63, 3.8) is 0 Å². The Labute approximate surface area is 146 Å². The Balaban J connectivity index is 0.00000220. The summed E-state index contributed by atoms with van der Waals surface area (Å²) < 4.78 is 0. The maximum atomic E-state index is 6.13. The van der Waals surface area contributed by atoms with Gasteiger partial charge in [-0.2, -0.15) is 0 Å². The van der Waals surface area contributed by atoms with Crippen molar-refractivity contribution in [1.82, 2.24) is 14.7 Å². The van der Waals surface area contributed by atoms with Crippen molar-refractivity contribution in [2.45, 2.75) is 26.2 Å². The van der Waals surface area contributed by atoms with Crippen LogP contribution in [0.2, 0.25) is 0 Å². The van der Waals surface area contributed by atoms with Crippen molar-refractivity contribution in [1.29, 1.82) is 0 Å². The molecule has 2 N–H and O–H groups in total. The second-order valence-electron chi connectivity index (χ2n) is 6.43. The first kappa shape index (κ1) is 19.0. The van der Waals surface area contributed by atoms with Crippen LogP contribution in [-0.2, 0) is 0 Å². The Hall–Kier alpha value is -0.0800. The van der Waals surface area contributed by atoms with Gasteiger partial charge in [0.05, 0.1) is 6.54 Å². The van der Waals surface area contributed by atoms with Crippen LogP contribution in [0.15, 0.2) is 4.99 Å². The predicted octanol–water partition coefficient (Wildman–Crippen LogP) is 1.29. The minimum Gasteiger partial charge on any atom is -0.370 e. The van der Waals surface area contributed by atoms with Crippen molar-refractivity contribution >= 4 is 29.9 Å². The molecule has 1 atom stereocenters. The zero-order valence-electron chi connectivity index (χ0n) is 13.6. The number of hydrogen-bond donors (Lipinski definition) is 1. The Morgan fingerprint density at radius 2 is 1.95 bits per heavy atom. The van der Waals surface area contributed by atoms with Crippen molar-refractivity contribution in [2.24, 2.45) is 16.6 Å². The minimum absolute atomic E-state index is 0. The smallest absolute Gasteiger partial charge is 0.191 e. The van der Waals surface area contributed by atoms with Crippen molar-refractivity contribution in [3.8, 4) is 0 Å². The first-order valence-corrected chi connectivity index (χ1v) is 8.11. The summed E-state index contributed by atoms with van der Waals surface area (Å²) in [6, 6.07) is 0. The van der Waals surface area contributed by atoms with E-state index in [2.05, 4.69) is 33.7 Å². The second kappa shape index (κ2) is 9.84. The van der Waals surface area contributed by atoms with Gasteiger partial charge in [0.2, 0.25) is 0 Å². The van der Waals surface area contributed by atoms with E-state index in [4.69, 9.17) is 5.73 Å². The van der Waals surface area contributed by atoms with Gasteiger partial charge < -0.3 is 20.4 Å². The molecule has 2 saturated heterocycles. The molecule has 5 nitrogen and oxygen atoms in total. The van der Waals surface area contributed by atoms with Gasteiger partial charge in [-0.3, -0.25) is 4.99 Å². The molecule has 2 aliphatic rings. The number of guanidine groups is 1. The first-order valence-electron chi connectivity index (χ1n) is 8.11. The highest BCUT2D eigenvalue weighted by Crippen LogP contribution is 2.14. The van der Waals surface area contributed by atoms with Crippen LogP contribution < -0.4 is 5.73 Å². The molecule has 2 heterocycles. The third kappa shape index (κ3) is 6.69. The van der Waals surface area contributed by atoms with Gasteiger partial charge >= 0.3 is 0 Å². The largest absolute Gasteiger partial charge is 0.370 e. The molecule has 0 aromatic heterocycles. The highest BCUT2D eigenvalue weighted by molar-refractivity contribution is 14.0. The predicted molar refractivity (Wildman–Crippen MR) is 100 cm³/mol. The average Bonchev–Trinajstić information content (AvgIpc) is 2.64. The molecule has 0 spiro atoms. The third-order valence-electron chi connectivity index (χ3n) is 4.48. The molecule has 6 heteroatoms. The summed E-state index contributed by atoms with van der Waals surface area (Å²) in [4.78, 5) is 11.8. The van der Waals surface area contributed by atoms with Crippen molar-refractivity contribution in [2.75, 3.05) is 59.4 Å². The van der Waals surface area contributed by atoms with E-state index in [1.807, 2.05) is 0 Å². The monoisotopic (exact) mass is 409 g/mol. The van der Waals surface area contributed by atoms with E-state index in [9.17, 15) is 0 Å². The van der Waals surface area contributed by atoms with Gasteiger partial charge in [-0.15, -0.1) is 24.0 Å². The SMILES string of the molecule is CC1CCCN(C(N)=NCCN2CCCN(C)CC2)C1.I.